The van der Waals surface area contributed by atoms with E-state index in [4.69, 9.17) is 10.2 Å². The van der Waals surface area contributed by atoms with E-state index in [2.05, 4.69) is 72.8 Å². The molecule has 0 aliphatic carbocycles. The maximum absolute atomic E-state index is 11.5. The second-order valence-corrected chi connectivity index (χ2v) is 27.3. The molecule has 0 rings (SSSR count). The Bertz CT molecular complexity index is 2540. The summed E-state index contributed by atoms with van der Waals surface area (Å²) < 4.78 is 89.1. The molecule has 0 amide bonds. The Morgan fingerprint density at radius 2 is 0.570 bits per heavy atom. The smallest absolute Gasteiger partial charge is 1.00 e. The molecule has 0 aromatic rings. The van der Waals surface area contributed by atoms with Gasteiger partial charge < -0.3 is 29.9 Å². The van der Waals surface area contributed by atoms with Gasteiger partial charge in [-0.3, -0.25) is 26.4 Å². The van der Waals surface area contributed by atoms with E-state index in [9.17, 15) is 44.6 Å². The number of aliphatic hydroxyl groups is 2. The summed E-state index contributed by atoms with van der Waals surface area (Å²) in [6.07, 6.45) is 42.9. The monoisotopic (exact) mass is 1620 g/mol. The van der Waals surface area contributed by atoms with Crippen LogP contribution in [0.4, 0.5) is 0 Å². The minimum absolute atomic E-state index is 0. The van der Waals surface area contributed by atoms with E-state index in [0.717, 1.165) is 147 Å². The van der Waals surface area contributed by atoms with E-state index < -0.39 is 60.1 Å². The molecule has 12 nitrogen and oxygen atoms in total. The Balaban J connectivity index is -0.0000000946. The Kier molecular flexibility index (Phi) is 105. The number of aliphatic hydroxyl groups excluding tert-OH is 2. The number of hydrogen-bond acceptors (Lipinski definition) is 12. The maximum Gasteiger partial charge on any atom is 1.00 e. The second-order valence-electron chi connectivity index (χ2n) is 23.0. The number of halogens is 1. The molecule has 0 saturated heterocycles. The number of allylic oxidation sites excluding steroid dienone is 22. The first-order valence-corrected chi connectivity index (χ1v) is 34.6. The van der Waals surface area contributed by atoms with Gasteiger partial charge in [0, 0.05) is 172 Å². The van der Waals surface area contributed by atoms with Crippen LogP contribution in [-0.4, -0.2) is 92.5 Å². The third-order valence-electron chi connectivity index (χ3n) is 13.0. The topological polar surface area (TPSA) is 235 Å². The van der Waals surface area contributed by atoms with Crippen molar-refractivity contribution in [3.63, 3.8) is 0 Å². The first kappa shape index (κ1) is 120. The van der Waals surface area contributed by atoms with Crippen LogP contribution in [0.5, 0.6) is 0 Å². The van der Waals surface area contributed by atoms with Crippen molar-refractivity contribution in [1.29, 1.82) is 0 Å². The van der Waals surface area contributed by atoms with Gasteiger partial charge in [-0.2, -0.15) is 0 Å². The molecule has 0 spiro atoms. The van der Waals surface area contributed by atoms with Gasteiger partial charge in [0.1, 0.15) is 12.6 Å². The van der Waals surface area contributed by atoms with Crippen molar-refractivity contribution < 1.29 is 259 Å². The van der Waals surface area contributed by atoms with Crippen LogP contribution in [0.15, 0.2) is 163 Å². The van der Waals surface area contributed by atoms with Crippen LogP contribution in [0.25, 0.3) is 0 Å². The van der Waals surface area contributed by atoms with Crippen molar-refractivity contribution in [3.05, 3.63) is 163 Å². The number of aldehydes is 2. The maximum atomic E-state index is 11.5. The molecule has 0 bridgehead atoms. The molecule has 7 atom stereocenters. The number of rotatable bonds is 39. The molecule has 0 aliphatic heterocycles. The molecule has 0 saturated carbocycles. The van der Waals surface area contributed by atoms with E-state index in [1.54, 1.807) is 26.0 Å². The van der Waals surface area contributed by atoms with E-state index in [-0.39, 0.29) is 254 Å². The molecule has 0 radical (unpaired) electrons. The largest absolute Gasteiger partial charge is 1.00 e. The zero-order valence-electron chi connectivity index (χ0n) is 59.5. The van der Waals surface area contributed by atoms with Gasteiger partial charge in [0.25, 0.3) is 0 Å². The first-order chi connectivity index (χ1) is 40.3. The van der Waals surface area contributed by atoms with Gasteiger partial charge in [-0.05, 0) is 271 Å². The normalized spacial score (nSPS) is 14.7. The average Bonchev–Trinajstić information content (AvgIpc) is 2.02. The van der Waals surface area contributed by atoms with Gasteiger partial charge in [0.2, 0.25) is 0 Å². The van der Waals surface area contributed by atoms with E-state index in [1.807, 2.05) is 104 Å². The Labute approximate surface area is 758 Å². The fourth-order valence-electron chi connectivity index (χ4n) is 7.52. The van der Waals surface area contributed by atoms with E-state index >= 15 is 0 Å². The molecule has 22 heteroatoms. The van der Waals surface area contributed by atoms with Crippen LogP contribution in [0.3, 0.4) is 0 Å². The third-order valence-corrected chi connectivity index (χ3v) is 15.9. The van der Waals surface area contributed by atoms with Crippen molar-refractivity contribution in [3.8, 4) is 0 Å². The fourth-order valence-corrected chi connectivity index (χ4v) is 9.73. The molecule has 2 N–H and O–H groups in total. The fraction of sp³-hybridized carbons (Fsp3) is 0.577. The Hall–Kier alpha value is 3.47. The standard InChI is InChI=1S/C20H34O4S.C20H30O4S.C20H34O2S.C10H18O2S.CH4.4Ar.HI.K.H/c2*1-16(7-5-9-18(3)14-21)11-12-20(25(23)24)13-17(2)8-6-10-19(4)15-22;1-16(2)9-7-11-18(5)13-14-20(23(21)22)15-19(6)12-8-10-17(3)4;1-9(2)5-4-6-10(3)7-8-13(11)12;;;;;;;;/h9-11,13,20-22H,5-8,12,14-15H2,1-4H3,(H,23,24);9-11,13-15,20H,5-8,12H2,1-4H3,(H,23,24);9-10,13,15,20H,7-8,11-12,14H2,1-6H3,(H,21,22);5,7H,4,6,8H2,1-3H3,(H,11,12);1H4;;;;;1H;;/q;;;;;;;;;;+1;-1/p-4/b2*16-11+,17-13+,18-9+,19-10+;18-13+,19-15+;10-7+;;;;;;;;. The number of carbonyl (C=O) groups excluding carboxylic acids is 2. The van der Waals surface area contributed by atoms with Crippen molar-refractivity contribution in [1.82, 2.24) is 0 Å². The average molecular weight is 1620 g/mol. The molecule has 542 valence electrons. The van der Waals surface area contributed by atoms with Gasteiger partial charge in [-0.1, -0.05) is 170 Å². The predicted octanol–water partition coefficient (Wildman–Crippen LogP) is 15.3. The number of hydrogen-bond donors (Lipinski definition) is 2. The van der Waals surface area contributed by atoms with Crippen molar-refractivity contribution >= 4 is 80.9 Å². The van der Waals surface area contributed by atoms with Gasteiger partial charge in [0.15, 0.2) is 0 Å². The quantitative estimate of drug-likeness (QED) is 0.0146. The number of carbonyl (C=O) groups is 2. The van der Waals surface area contributed by atoms with Gasteiger partial charge in [-0.25, -0.2) is 0 Å². The molecule has 0 fully saturated rings. The molecule has 93 heavy (non-hydrogen) atoms. The van der Waals surface area contributed by atoms with Crippen LogP contribution >= 0.6 is 24.0 Å². The molecule has 0 aromatic carbocycles. The predicted molar refractivity (Wildman–Crippen MR) is 390 cm³/mol. The van der Waals surface area contributed by atoms with Gasteiger partial charge >= 0.3 is 51.4 Å². The summed E-state index contributed by atoms with van der Waals surface area (Å²) in [7, 11) is 0. The van der Waals surface area contributed by atoms with Crippen LogP contribution in [0, 0.1) is 151 Å². The van der Waals surface area contributed by atoms with Crippen LogP contribution in [0.1, 0.15) is 236 Å². The zero-order chi connectivity index (χ0) is 66.6. The summed E-state index contributed by atoms with van der Waals surface area (Å²) in [5.74, 6) is 0.140. The Morgan fingerprint density at radius 3 is 0.774 bits per heavy atom. The third kappa shape index (κ3) is 87.8. The minimum Gasteiger partial charge on any atom is -1.00 e. The molecular formula is C71H118Ar4IKO12S4-4. The summed E-state index contributed by atoms with van der Waals surface area (Å²) in [6.45, 7) is 33.8. The van der Waals surface area contributed by atoms with E-state index in [0.29, 0.717) is 30.4 Å². The summed E-state index contributed by atoms with van der Waals surface area (Å²) in [5, 5.41) is 16.4. The van der Waals surface area contributed by atoms with Gasteiger partial charge in [-0.15, -0.1) is 24.0 Å². The van der Waals surface area contributed by atoms with E-state index in [1.165, 1.54) is 22.3 Å². The van der Waals surface area contributed by atoms with Crippen molar-refractivity contribution in [2.24, 2.45) is 0 Å². The van der Waals surface area contributed by atoms with Crippen LogP contribution < -0.4 is 51.4 Å². The zero-order valence-corrected chi connectivity index (χ0v) is 70.1. The first-order valence-electron chi connectivity index (χ1n) is 29.9. The second kappa shape index (κ2) is 81.1. The van der Waals surface area contributed by atoms with Gasteiger partial charge in [0.05, 0.1) is 13.2 Å². The molecule has 0 aromatic heterocycles. The molecule has 7 unspecified atom stereocenters. The van der Waals surface area contributed by atoms with Crippen LogP contribution in [0.2, 0.25) is 0 Å². The summed E-state index contributed by atoms with van der Waals surface area (Å²) in [5.41, 5.74) is 15.1. The minimum atomic E-state index is -2.17. The van der Waals surface area contributed by atoms with Crippen molar-refractivity contribution in [2.75, 3.05) is 19.0 Å². The van der Waals surface area contributed by atoms with Crippen molar-refractivity contribution in [2.45, 2.75) is 250 Å². The summed E-state index contributed by atoms with van der Waals surface area (Å²) in [4.78, 5) is 21.1. The SMILES string of the molecule is C.C/C(=C\CC/C(C)=C/CC(/C=C(\C)CC/C=C(\C)CO)S(=O)[O-])CO.C/C(C=O)=C\CC/C(C)=C/CC(/C=C(\C)CC/C=C(\C)C=O)S(=O)[O-].CC(C)=CCC/C(C)=C/CC(/C=C(\C)CCC=C(C)C)S(=O)[O-].CC(C)=CCC/C(C)=C/CS(=O)[O-].I.[Ar].[Ar].[Ar].[Ar].[H-].[K+]. The Morgan fingerprint density at radius 1 is 0.355 bits per heavy atom. The molecule has 0 aliphatic rings. The molecule has 0 heterocycles. The summed E-state index contributed by atoms with van der Waals surface area (Å²) in [6, 6.07) is 0. The van der Waals surface area contributed by atoms with Crippen LogP contribution in [-0.2, 0) is 53.9 Å². The summed E-state index contributed by atoms with van der Waals surface area (Å²) >= 11 is -8.32. The molecular weight excluding hydrogens is 1500 g/mol.